The van der Waals surface area contributed by atoms with E-state index in [2.05, 4.69) is 13.0 Å². The van der Waals surface area contributed by atoms with Crippen molar-refractivity contribution in [3.8, 4) is 0 Å². The summed E-state index contributed by atoms with van der Waals surface area (Å²) in [5.41, 5.74) is 0.770. The monoisotopic (exact) mass is 375 g/mol. The molecule has 1 saturated heterocycles. The minimum absolute atomic E-state index is 0.0135. The van der Waals surface area contributed by atoms with Crippen molar-refractivity contribution >= 4 is 17.8 Å². The zero-order chi connectivity index (χ0) is 19.6. The lowest BCUT2D eigenvalue weighted by atomic mass is 9.46. The molecular formula is C21H29NO5. The summed E-state index contributed by atoms with van der Waals surface area (Å²) in [5, 5.41) is 10.2. The number of allylic oxidation sites excluding steroid dienone is 1. The average Bonchev–Trinajstić information content (AvgIpc) is 2.61. The van der Waals surface area contributed by atoms with E-state index in [1.807, 2.05) is 6.92 Å². The Bertz CT molecular complexity index is 730. The number of fused-ring (bicyclic) bond motifs is 5. The molecule has 0 unspecified atom stereocenters. The van der Waals surface area contributed by atoms with Gasteiger partial charge in [-0.3, -0.25) is 19.6 Å². The van der Waals surface area contributed by atoms with E-state index in [1.54, 1.807) is 0 Å². The Hall–Kier alpha value is -1.69. The normalized spacial score (nSPS) is 44.0. The van der Waals surface area contributed by atoms with Crippen molar-refractivity contribution in [2.75, 3.05) is 0 Å². The van der Waals surface area contributed by atoms with Gasteiger partial charge in [0, 0.05) is 19.8 Å². The van der Waals surface area contributed by atoms with Crippen molar-refractivity contribution < 1.29 is 24.3 Å². The second kappa shape index (κ2) is 6.16. The van der Waals surface area contributed by atoms with Crippen molar-refractivity contribution in [1.29, 1.82) is 0 Å². The van der Waals surface area contributed by atoms with E-state index < -0.39 is 17.2 Å². The molecule has 3 fully saturated rings. The molecular weight excluding hydrogens is 346 g/mol. The molecule has 0 aromatic heterocycles. The molecule has 0 bridgehead atoms. The highest BCUT2D eigenvalue weighted by Crippen LogP contribution is 2.63. The molecule has 148 valence electrons. The first kappa shape index (κ1) is 18.7. The lowest BCUT2D eigenvalue weighted by Crippen LogP contribution is -2.60. The Kier molecular flexibility index (Phi) is 4.26. The fraction of sp³-hybridized carbons (Fsp3) is 0.762. The molecule has 2 saturated carbocycles. The number of hydrogen-bond donors (Lipinski definition) is 1. The summed E-state index contributed by atoms with van der Waals surface area (Å²) >= 11 is 0. The number of hydrogen-bond acceptors (Lipinski definition) is 5. The number of imide groups is 1. The third kappa shape index (κ3) is 2.67. The number of amides is 2. The molecule has 1 N–H and O–H groups in total. The van der Waals surface area contributed by atoms with Crippen molar-refractivity contribution in [2.45, 2.75) is 71.8 Å². The van der Waals surface area contributed by atoms with Crippen LogP contribution in [-0.4, -0.2) is 34.2 Å². The largest absolute Gasteiger partial charge is 0.462 e. The lowest BCUT2D eigenvalue weighted by molar-refractivity contribution is -0.206. The molecule has 1 aliphatic heterocycles. The molecule has 27 heavy (non-hydrogen) atoms. The summed E-state index contributed by atoms with van der Waals surface area (Å²) in [6.07, 6.45) is 7.61. The van der Waals surface area contributed by atoms with Gasteiger partial charge < -0.3 is 4.74 Å². The van der Waals surface area contributed by atoms with Crippen LogP contribution in [0, 0.1) is 28.6 Å². The average molecular weight is 375 g/mol. The highest BCUT2D eigenvalue weighted by molar-refractivity contribution is 5.99. The predicted octanol–water partition coefficient (Wildman–Crippen LogP) is 3.24. The summed E-state index contributed by atoms with van der Waals surface area (Å²) in [6, 6.07) is 0. The van der Waals surface area contributed by atoms with Gasteiger partial charge in [0.2, 0.25) is 0 Å². The number of esters is 1. The standard InChI is InChI=1S/C21H29NO5/c1-12(23)27-14-6-8-20(2)13(10-14)4-5-15-16(20)7-9-21(3)17(15)11-18(24)22(26)19(21)25/h4,14-17,26H,5-11H2,1-3H3/t14-,15+,16+,17+,20-,21+/m0/s1. The Morgan fingerprint density at radius 1 is 1.15 bits per heavy atom. The van der Waals surface area contributed by atoms with Gasteiger partial charge >= 0.3 is 5.97 Å². The second-order valence-electron chi connectivity index (χ2n) is 9.40. The summed E-state index contributed by atoms with van der Waals surface area (Å²) in [7, 11) is 0. The summed E-state index contributed by atoms with van der Waals surface area (Å²) < 4.78 is 5.46. The zero-order valence-electron chi connectivity index (χ0n) is 16.4. The van der Waals surface area contributed by atoms with E-state index >= 15 is 0 Å². The minimum Gasteiger partial charge on any atom is -0.462 e. The van der Waals surface area contributed by atoms with Crippen LogP contribution in [0.25, 0.3) is 0 Å². The van der Waals surface area contributed by atoms with Gasteiger partial charge in [-0.05, 0) is 55.3 Å². The SMILES string of the molecule is CC(=O)O[C@H]1CC[C@@]2(C)C(=CC[C@H]3[C@H]4CC(=O)N(O)C(=O)[C@]4(C)CC[C@H]32)C1. The molecule has 4 aliphatic rings. The molecule has 4 rings (SSSR count). The first-order valence-electron chi connectivity index (χ1n) is 10.1. The summed E-state index contributed by atoms with van der Waals surface area (Å²) in [4.78, 5) is 36.2. The minimum atomic E-state index is -0.652. The van der Waals surface area contributed by atoms with Crippen LogP contribution in [0.4, 0.5) is 0 Å². The molecule has 6 nitrogen and oxygen atoms in total. The quantitative estimate of drug-likeness (QED) is 0.329. The van der Waals surface area contributed by atoms with E-state index in [9.17, 15) is 19.6 Å². The smallest absolute Gasteiger partial charge is 0.302 e. The molecule has 6 heteroatoms. The van der Waals surface area contributed by atoms with E-state index in [4.69, 9.17) is 4.74 Å². The van der Waals surface area contributed by atoms with E-state index in [0.29, 0.717) is 17.4 Å². The van der Waals surface area contributed by atoms with Crippen molar-refractivity contribution in [3.05, 3.63) is 11.6 Å². The van der Waals surface area contributed by atoms with Crippen LogP contribution in [0.5, 0.6) is 0 Å². The molecule has 0 aromatic rings. The number of ether oxygens (including phenoxy) is 1. The summed E-state index contributed by atoms with van der Waals surface area (Å²) in [5.74, 6) is -0.425. The van der Waals surface area contributed by atoms with Gasteiger partial charge in [0.05, 0.1) is 5.41 Å². The van der Waals surface area contributed by atoms with Gasteiger partial charge in [-0.1, -0.05) is 25.5 Å². The highest BCUT2D eigenvalue weighted by Gasteiger charge is 2.60. The number of rotatable bonds is 1. The number of hydroxylamine groups is 2. The van der Waals surface area contributed by atoms with Crippen molar-refractivity contribution in [1.82, 2.24) is 5.06 Å². The molecule has 3 aliphatic carbocycles. The molecule has 0 radical (unpaired) electrons. The maximum absolute atomic E-state index is 12.7. The molecule has 0 spiro atoms. The van der Waals surface area contributed by atoms with Crippen LogP contribution in [0.2, 0.25) is 0 Å². The van der Waals surface area contributed by atoms with Crippen LogP contribution in [0.15, 0.2) is 11.6 Å². The Labute approximate surface area is 159 Å². The maximum atomic E-state index is 12.7. The van der Waals surface area contributed by atoms with Gasteiger partial charge in [-0.2, -0.15) is 5.06 Å². The summed E-state index contributed by atoms with van der Waals surface area (Å²) in [6.45, 7) is 5.70. The Morgan fingerprint density at radius 2 is 1.85 bits per heavy atom. The third-order valence-electron chi connectivity index (χ3n) is 8.09. The fourth-order valence-electron chi connectivity index (χ4n) is 6.55. The zero-order valence-corrected chi connectivity index (χ0v) is 16.4. The van der Waals surface area contributed by atoms with Gasteiger partial charge in [0.25, 0.3) is 11.8 Å². The van der Waals surface area contributed by atoms with Crippen LogP contribution in [-0.2, 0) is 19.1 Å². The number of carbonyl (C=O) groups excluding carboxylic acids is 3. The van der Waals surface area contributed by atoms with Gasteiger partial charge in [-0.25, -0.2) is 0 Å². The molecule has 2 amide bonds. The first-order chi connectivity index (χ1) is 12.7. The Balaban J connectivity index is 1.62. The topological polar surface area (TPSA) is 83.9 Å². The van der Waals surface area contributed by atoms with Crippen LogP contribution < -0.4 is 0 Å². The van der Waals surface area contributed by atoms with Crippen LogP contribution >= 0.6 is 0 Å². The molecule has 1 heterocycles. The maximum Gasteiger partial charge on any atom is 0.302 e. The van der Waals surface area contributed by atoms with Crippen LogP contribution in [0.3, 0.4) is 0 Å². The van der Waals surface area contributed by atoms with Gasteiger partial charge in [0.15, 0.2) is 0 Å². The third-order valence-corrected chi connectivity index (χ3v) is 8.09. The van der Waals surface area contributed by atoms with Gasteiger partial charge in [0.1, 0.15) is 6.10 Å². The second-order valence-corrected chi connectivity index (χ2v) is 9.40. The predicted molar refractivity (Wildman–Crippen MR) is 96.3 cm³/mol. The van der Waals surface area contributed by atoms with E-state index in [0.717, 1.165) is 32.1 Å². The van der Waals surface area contributed by atoms with E-state index in [-0.39, 0.29) is 35.7 Å². The number of piperidine rings is 1. The fourth-order valence-corrected chi connectivity index (χ4v) is 6.55. The number of nitrogens with zero attached hydrogens (tertiary/aromatic N) is 1. The number of carbonyl (C=O) groups is 3. The molecule has 0 aromatic carbocycles. The highest BCUT2D eigenvalue weighted by atomic mass is 16.5. The lowest BCUT2D eigenvalue weighted by Gasteiger charge is -2.59. The van der Waals surface area contributed by atoms with Crippen molar-refractivity contribution in [3.63, 3.8) is 0 Å². The van der Waals surface area contributed by atoms with Crippen LogP contribution in [0.1, 0.15) is 65.7 Å². The molecule has 6 atom stereocenters. The van der Waals surface area contributed by atoms with E-state index in [1.165, 1.54) is 12.5 Å². The Morgan fingerprint density at radius 3 is 2.56 bits per heavy atom. The van der Waals surface area contributed by atoms with Crippen molar-refractivity contribution in [2.24, 2.45) is 28.6 Å². The first-order valence-corrected chi connectivity index (χ1v) is 10.1. The van der Waals surface area contributed by atoms with Gasteiger partial charge in [-0.15, -0.1) is 0 Å².